The molecule has 3 N–H and O–H groups in total. The second-order valence-electron chi connectivity index (χ2n) is 5.52. The predicted octanol–water partition coefficient (Wildman–Crippen LogP) is 4.08. The molecule has 0 atom stereocenters. The number of fused-ring (bicyclic) bond motifs is 1. The fourth-order valence-electron chi connectivity index (χ4n) is 2.76. The van der Waals surface area contributed by atoms with Crippen molar-refractivity contribution in [1.29, 1.82) is 0 Å². The minimum atomic E-state index is -0.724. The van der Waals surface area contributed by atoms with E-state index < -0.39 is 11.6 Å². The highest BCUT2D eigenvalue weighted by Crippen LogP contribution is 2.34. The molecule has 3 aromatic heterocycles. The van der Waals surface area contributed by atoms with Crippen LogP contribution in [-0.4, -0.2) is 27.0 Å². The molecule has 26 heavy (non-hydrogen) atoms. The SMILES string of the molecule is CNc1ccc(F)c(Nc2ncccc2-c2ncnc3[nH]ccc23)c1F. The second kappa shape index (κ2) is 6.40. The summed E-state index contributed by atoms with van der Waals surface area (Å²) < 4.78 is 28.7. The Hall–Kier alpha value is -3.55. The number of anilines is 3. The van der Waals surface area contributed by atoms with Crippen molar-refractivity contribution in [2.45, 2.75) is 0 Å². The Morgan fingerprint density at radius 2 is 1.92 bits per heavy atom. The number of hydrogen-bond acceptors (Lipinski definition) is 5. The first kappa shape index (κ1) is 15.9. The van der Waals surface area contributed by atoms with Crippen molar-refractivity contribution in [1.82, 2.24) is 19.9 Å². The number of nitrogens with one attached hydrogen (secondary N) is 3. The molecule has 6 nitrogen and oxygen atoms in total. The van der Waals surface area contributed by atoms with Crippen LogP contribution in [0, 0.1) is 11.6 Å². The Labute approximate surface area is 147 Å². The molecule has 4 aromatic rings. The first-order chi connectivity index (χ1) is 12.7. The number of nitrogens with zero attached hydrogens (tertiary/aromatic N) is 3. The summed E-state index contributed by atoms with van der Waals surface area (Å²) >= 11 is 0. The third kappa shape index (κ3) is 2.61. The zero-order valence-corrected chi connectivity index (χ0v) is 13.7. The smallest absolute Gasteiger partial charge is 0.172 e. The zero-order valence-electron chi connectivity index (χ0n) is 13.7. The quantitative estimate of drug-likeness (QED) is 0.516. The molecule has 0 aliphatic carbocycles. The molecule has 1 aromatic carbocycles. The molecule has 0 aliphatic heterocycles. The maximum atomic E-state index is 14.5. The second-order valence-corrected chi connectivity index (χ2v) is 5.52. The highest BCUT2D eigenvalue weighted by molar-refractivity contribution is 5.94. The van der Waals surface area contributed by atoms with Gasteiger partial charge in [0.15, 0.2) is 5.82 Å². The lowest BCUT2D eigenvalue weighted by Gasteiger charge is -2.14. The molecule has 0 unspecified atom stereocenters. The van der Waals surface area contributed by atoms with E-state index in [9.17, 15) is 8.78 Å². The average molecular weight is 352 g/mol. The van der Waals surface area contributed by atoms with E-state index in [1.165, 1.54) is 18.5 Å². The van der Waals surface area contributed by atoms with Crippen LogP contribution in [0.15, 0.2) is 49.1 Å². The molecule has 0 saturated carbocycles. The number of benzene rings is 1. The highest BCUT2D eigenvalue weighted by Gasteiger charge is 2.17. The molecule has 3 heterocycles. The van der Waals surface area contributed by atoms with Gasteiger partial charge in [-0.25, -0.2) is 23.7 Å². The first-order valence-corrected chi connectivity index (χ1v) is 7.85. The molecule has 0 radical (unpaired) electrons. The van der Waals surface area contributed by atoms with Gasteiger partial charge in [0, 0.05) is 30.4 Å². The number of aromatic amines is 1. The minimum Gasteiger partial charge on any atom is -0.386 e. The number of rotatable bonds is 4. The number of halogens is 2. The number of aromatic nitrogens is 4. The third-order valence-electron chi connectivity index (χ3n) is 4.02. The maximum absolute atomic E-state index is 14.5. The van der Waals surface area contributed by atoms with Gasteiger partial charge in [0.2, 0.25) is 0 Å². The van der Waals surface area contributed by atoms with Crippen LogP contribution < -0.4 is 10.6 Å². The lowest BCUT2D eigenvalue weighted by molar-refractivity contribution is 0.593. The summed E-state index contributed by atoms with van der Waals surface area (Å²) in [6.45, 7) is 0. The van der Waals surface area contributed by atoms with Crippen LogP contribution in [0.5, 0.6) is 0 Å². The minimum absolute atomic E-state index is 0.182. The summed E-state index contributed by atoms with van der Waals surface area (Å²) in [5, 5.41) is 6.24. The summed E-state index contributed by atoms with van der Waals surface area (Å²) in [6, 6.07) is 7.88. The van der Waals surface area contributed by atoms with Crippen molar-refractivity contribution in [3.63, 3.8) is 0 Å². The normalized spacial score (nSPS) is 10.9. The Bertz CT molecular complexity index is 1090. The van der Waals surface area contributed by atoms with E-state index in [0.29, 0.717) is 22.7 Å². The van der Waals surface area contributed by atoms with Crippen LogP contribution in [0.2, 0.25) is 0 Å². The standard InChI is InChI=1S/C18H14F2N6/c1-21-13-5-4-12(19)16(14(13)20)26-18-10(3-2-7-22-18)15-11-6-8-23-17(11)25-9-24-15/h2-9,21H,1H3,(H,22,26)(H,23,24,25). The van der Waals surface area contributed by atoms with Crippen LogP contribution >= 0.6 is 0 Å². The van der Waals surface area contributed by atoms with Crippen LogP contribution in [0.4, 0.5) is 26.0 Å². The van der Waals surface area contributed by atoms with Crippen LogP contribution in [0.3, 0.4) is 0 Å². The molecule has 0 aliphatic rings. The van der Waals surface area contributed by atoms with Gasteiger partial charge in [-0.15, -0.1) is 0 Å². The molecular weight excluding hydrogens is 338 g/mol. The van der Waals surface area contributed by atoms with Gasteiger partial charge in [-0.1, -0.05) is 0 Å². The van der Waals surface area contributed by atoms with E-state index in [-0.39, 0.29) is 11.4 Å². The van der Waals surface area contributed by atoms with Crippen LogP contribution in [0.1, 0.15) is 0 Å². The Morgan fingerprint density at radius 1 is 1.04 bits per heavy atom. The summed E-state index contributed by atoms with van der Waals surface area (Å²) in [6.07, 6.45) is 4.72. The first-order valence-electron chi connectivity index (χ1n) is 7.85. The van der Waals surface area contributed by atoms with Crippen molar-refractivity contribution in [2.75, 3.05) is 17.7 Å². The van der Waals surface area contributed by atoms with Crippen molar-refractivity contribution in [3.8, 4) is 11.3 Å². The van der Waals surface area contributed by atoms with Gasteiger partial charge in [-0.3, -0.25) is 0 Å². The van der Waals surface area contributed by atoms with E-state index in [0.717, 1.165) is 5.39 Å². The molecule has 0 bridgehead atoms. The molecule has 130 valence electrons. The van der Waals surface area contributed by atoms with Crippen LogP contribution in [0.25, 0.3) is 22.3 Å². The van der Waals surface area contributed by atoms with E-state index in [1.54, 1.807) is 31.6 Å². The van der Waals surface area contributed by atoms with Gasteiger partial charge in [0.05, 0.1) is 11.4 Å². The lowest BCUT2D eigenvalue weighted by Crippen LogP contribution is -2.04. The molecule has 0 saturated heterocycles. The molecule has 0 amide bonds. The van der Waals surface area contributed by atoms with E-state index in [4.69, 9.17) is 0 Å². The van der Waals surface area contributed by atoms with E-state index >= 15 is 0 Å². The monoisotopic (exact) mass is 352 g/mol. The fourth-order valence-corrected chi connectivity index (χ4v) is 2.76. The number of hydrogen-bond donors (Lipinski definition) is 3. The summed E-state index contributed by atoms with van der Waals surface area (Å²) in [5.74, 6) is -1.15. The topological polar surface area (TPSA) is 78.5 Å². The van der Waals surface area contributed by atoms with Crippen molar-refractivity contribution in [3.05, 3.63) is 60.7 Å². The molecule has 8 heteroatoms. The van der Waals surface area contributed by atoms with Crippen molar-refractivity contribution < 1.29 is 8.78 Å². The lowest BCUT2D eigenvalue weighted by atomic mass is 10.1. The summed E-state index contributed by atoms with van der Waals surface area (Å²) in [7, 11) is 1.57. The van der Waals surface area contributed by atoms with Gasteiger partial charge in [0.1, 0.15) is 29.3 Å². The van der Waals surface area contributed by atoms with Gasteiger partial charge < -0.3 is 15.6 Å². The zero-order chi connectivity index (χ0) is 18.1. The molecule has 0 spiro atoms. The van der Waals surface area contributed by atoms with Gasteiger partial charge in [0.25, 0.3) is 0 Å². The Kier molecular flexibility index (Phi) is 3.92. The Morgan fingerprint density at radius 3 is 2.77 bits per heavy atom. The summed E-state index contributed by atoms with van der Waals surface area (Å²) in [4.78, 5) is 15.7. The van der Waals surface area contributed by atoms with Gasteiger partial charge >= 0.3 is 0 Å². The van der Waals surface area contributed by atoms with Crippen molar-refractivity contribution >= 4 is 28.2 Å². The van der Waals surface area contributed by atoms with Gasteiger partial charge in [-0.05, 0) is 30.3 Å². The third-order valence-corrected chi connectivity index (χ3v) is 4.02. The fraction of sp³-hybridized carbons (Fsp3) is 0.0556. The maximum Gasteiger partial charge on any atom is 0.172 e. The largest absolute Gasteiger partial charge is 0.386 e. The Balaban J connectivity index is 1.85. The average Bonchev–Trinajstić information content (AvgIpc) is 3.14. The number of pyridine rings is 1. The van der Waals surface area contributed by atoms with E-state index in [1.807, 2.05) is 6.07 Å². The van der Waals surface area contributed by atoms with Gasteiger partial charge in [-0.2, -0.15) is 0 Å². The molecule has 4 rings (SSSR count). The van der Waals surface area contributed by atoms with Crippen LogP contribution in [-0.2, 0) is 0 Å². The number of H-pyrrole nitrogens is 1. The predicted molar refractivity (Wildman–Crippen MR) is 96.3 cm³/mol. The van der Waals surface area contributed by atoms with E-state index in [2.05, 4.69) is 30.6 Å². The molecule has 0 fully saturated rings. The molecular formula is C18H14F2N6. The highest BCUT2D eigenvalue weighted by atomic mass is 19.1. The van der Waals surface area contributed by atoms with Crippen molar-refractivity contribution in [2.24, 2.45) is 0 Å². The summed E-state index contributed by atoms with van der Waals surface area (Å²) in [5.41, 5.74) is 1.78.